The summed E-state index contributed by atoms with van der Waals surface area (Å²) in [7, 11) is -3.44. The van der Waals surface area contributed by atoms with Crippen molar-refractivity contribution in [1.82, 2.24) is 4.72 Å². The summed E-state index contributed by atoms with van der Waals surface area (Å²) in [5, 5.41) is 8.75. The summed E-state index contributed by atoms with van der Waals surface area (Å²) in [4.78, 5) is 10.7. The monoisotopic (exact) mass is 223 g/mol. The molecule has 14 heavy (non-hydrogen) atoms. The van der Waals surface area contributed by atoms with Crippen LogP contribution in [0.1, 0.15) is 27.2 Å². The van der Waals surface area contributed by atoms with Gasteiger partial charge >= 0.3 is 5.97 Å². The first-order valence-electron chi connectivity index (χ1n) is 4.51. The first-order chi connectivity index (χ1) is 6.28. The van der Waals surface area contributed by atoms with Gasteiger partial charge in [-0.05, 0) is 19.3 Å². The SMILES string of the molecule is CCS(=O)(=O)N[C@@H](CC(C)C)C(=O)O. The molecule has 0 aliphatic heterocycles. The van der Waals surface area contributed by atoms with E-state index in [1.807, 2.05) is 13.8 Å². The Kier molecular flexibility index (Phi) is 5.07. The second-order valence-electron chi connectivity index (χ2n) is 3.54. The highest BCUT2D eigenvalue weighted by molar-refractivity contribution is 7.89. The van der Waals surface area contributed by atoms with Gasteiger partial charge in [0.05, 0.1) is 5.75 Å². The van der Waals surface area contributed by atoms with Crippen LogP contribution in [0.3, 0.4) is 0 Å². The first-order valence-corrected chi connectivity index (χ1v) is 6.16. The lowest BCUT2D eigenvalue weighted by Crippen LogP contribution is -2.42. The maximum absolute atomic E-state index is 11.1. The van der Waals surface area contributed by atoms with Gasteiger partial charge in [0.2, 0.25) is 10.0 Å². The summed E-state index contributed by atoms with van der Waals surface area (Å²) in [5.41, 5.74) is 0. The zero-order chi connectivity index (χ0) is 11.4. The molecule has 0 aliphatic rings. The number of hydrogen-bond acceptors (Lipinski definition) is 3. The summed E-state index contributed by atoms with van der Waals surface area (Å²) in [5.74, 6) is -1.10. The van der Waals surface area contributed by atoms with Crippen molar-refractivity contribution in [2.45, 2.75) is 33.2 Å². The smallest absolute Gasteiger partial charge is 0.321 e. The van der Waals surface area contributed by atoms with Crippen LogP contribution in [0.5, 0.6) is 0 Å². The van der Waals surface area contributed by atoms with Crippen molar-refractivity contribution in [3.8, 4) is 0 Å². The van der Waals surface area contributed by atoms with E-state index in [1.165, 1.54) is 6.92 Å². The molecular formula is C8H17NO4S. The first kappa shape index (κ1) is 13.4. The Labute approximate surface area is 84.6 Å². The van der Waals surface area contributed by atoms with Crippen molar-refractivity contribution >= 4 is 16.0 Å². The second-order valence-corrected chi connectivity index (χ2v) is 5.58. The molecule has 0 amide bonds. The van der Waals surface area contributed by atoms with Crippen LogP contribution in [0.25, 0.3) is 0 Å². The van der Waals surface area contributed by atoms with E-state index < -0.39 is 22.0 Å². The average Bonchev–Trinajstić information content (AvgIpc) is 2.02. The van der Waals surface area contributed by atoms with Crippen LogP contribution >= 0.6 is 0 Å². The number of aliphatic carboxylic acids is 1. The van der Waals surface area contributed by atoms with Gasteiger partial charge in [0.1, 0.15) is 6.04 Å². The predicted octanol–water partition coefficient (Wildman–Crippen LogP) is 0.425. The highest BCUT2D eigenvalue weighted by Gasteiger charge is 2.23. The van der Waals surface area contributed by atoms with E-state index in [-0.39, 0.29) is 11.7 Å². The van der Waals surface area contributed by atoms with Gasteiger partial charge in [-0.3, -0.25) is 4.79 Å². The minimum Gasteiger partial charge on any atom is -0.480 e. The Morgan fingerprint density at radius 1 is 1.43 bits per heavy atom. The lowest BCUT2D eigenvalue weighted by Gasteiger charge is -2.15. The molecule has 0 aromatic rings. The fourth-order valence-corrected chi connectivity index (χ4v) is 1.77. The van der Waals surface area contributed by atoms with Gasteiger partial charge in [-0.2, -0.15) is 0 Å². The Bertz CT molecular complexity index is 284. The molecule has 0 unspecified atom stereocenters. The van der Waals surface area contributed by atoms with Crippen LogP contribution in [-0.4, -0.2) is 31.3 Å². The highest BCUT2D eigenvalue weighted by Crippen LogP contribution is 2.06. The van der Waals surface area contributed by atoms with Crippen molar-refractivity contribution in [1.29, 1.82) is 0 Å². The third-order valence-electron chi connectivity index (χ3n) is 1.71. The number of nitrogens with one attached hydrogen (secondary N) is 1. The molecule has 0 fully saturated rings. The van der Waals surface area contributed by atoms with Crippen molar-refractivity contribution in [3.05, 3.63) is 0 Å². The number of carboxylic acids is 1. The van der Waals surface area contributed by atoms with Crippen LogP contribution in [0.4, 0.5) is 0 Å². The summed E-state index contributed by atoms with van der Waals surface area (Å²) in [6, 6.07) is -1.01. The van der Waals surface area contributed by atoms with Gasteiger partial charge in [0.15, 0.2) is 0 Å². The minimum absolute atomic E-state index is 0.102. The Morgan fingerprint density at radius 2 is 1.93 bits per heavy atom. The molecular weight excluding hydrogens is 206 g/mol. The van der Waals surface area contributed by atoms with Crippen LogP contribution in [0.2, 0.25) is 0 Å². The van der Waals surface area contributed by atoms with Gasteiger partial charge in [0.25, 0.3) is 0 Å². The van der Waals surface area contributed by atoms with Crippen LogP contribution < -0.4 is 4.72 Å². The van der Waals surface area contributed by atoms with E-state index in [9.17, 15) is 13.2 Å². The van der Waals surface area contributed by atoms with Crippen LogP contribution in [0.15, 0.2) is 0 Å². The molecule has 0 aromatic heterocycles. The summed E-state index contributed by atoms with van der Waals surface area (Å²) in [6.07, 6.45) is 0.300. The van der Waals surface area contributed by atoms with E-state index in [2.05, 4.69) is 4.72 Å². The van der Waals surface area contributed by atoms with Gasteiger partial charge in [-0.1, -0.05) is 13.8 Å². The van der Waals surface area contributed by atoms with Gasteiger partial charge in [0, 0.05) is 0 Å². The van der Waals surface area contributed by atoms with Crippen molar-refractivity contribution < 1.29 is 18.3 Å². The predicted molar refractivity (Wildman–Crippen MR) is 53.5 cm³/mol. The fraction of sp³-hybridized carbons (Fsp3) is 0.875. The fourth-order valence-electron chi connectivity index (χ4n) is 0.971. The molecule has 0 radical (unpaired) electrons. The molecule has 0 saturated heterocycles. The third kappa shape index (κ3) is 5.18. The average molecular weight is 223 g/mol. The topological polar surface area (TPSA) is 83.5 Å². The summed E-state index contributed by atoms with van der Waals surface area (Å²) < 4.78 is 24.4. The normalized spacial score (nSPS) is 14.3. The molecule has 2 N–H and O–H groups in total. The maximum Gasteiger partial charge on any atom is 0.321 e. The quantitative estimate of drug-likeness (QED) is 0.683. The molecule has 0 bridgehead atoms. The second kappa shape index (κ2) is 5.31. The van der Waals surface area contributed by atoms with Crippen molar-refractivity contribution in [3.63, 3.8) is 0 Å². The molecule has 1 atom stereocenters. The third-order valence-corrected chi connectivity index (χ3v) is 3.11. The highest BCUT2D eigenvalue weighted by atomic mass is 32.2. The molecule has 5 nitrogen and oxygen atoms in total. The zero-order valence-corrected chi connectivity index (χ0v) is 9.47. The number of sulfonamides is 1. The largest absolute Gasteiger partial charge is 0.480 e. The minimum atomic E-state index is -3.44. The Balaban J connectivity index is 4.46. The van der Waals surface area contributed by atoms with Crippen molar-refractivity contribution in [2.75, 3.05) is 5.75 Å². The van der Waals surface area contributed by atoms with Gasteiger partial charge in [-0.25, -0.2) is 13.1 Å². The summed E-state index contributed by atoms with van der Waals surface area (Å²) >= 11 is 0. The number of carboxylic acid groups (broad SMARTS) is 1. The molecule has 0 rings (SSSR count). The number of hydrogen-bond donors (Lipinski definition) is 2. The molecule has 0 aliphatic carbocycles. The van der Waals surface area contributed by atoms with Crippen molar-refractivity contribution in [2.24, 2.45) is 5.92 Å². The lowest BCUT2D eigenvalue weighted by molar-refractivity contribution is -0.139. The van der Waals surface area contributed by atoms with E-state index in [1.54, 1.807) is 0 Å². The van der Waals surface area contributed by atoms with Crippen LogP contribution in [0, 0.1) is 5.92 Å². The van der Waals surface area contributed by atoms with Gasteiger partial charge in [-0.15, -0.1) is 0 Å². The van der Waals surface area contributed by atoms with E-state index in [0.717, 1.165) is 0 Å². The lowest BCUT2D eigenvalue weighted by atomic mass is 10.1. The van der Waals surface area contributed by atoms with E-state index in [4.69, 9.17) is 5.11 Å². The summed E-state index contributed by atoms with van der Waals surface area (Å²) in [6.45, 7) is 5.16. The molecule has 0 saturated carbocycles. The molecule has 0 heterocycles. The molecule has 0 aromatic carbocycles. The molecule has 6 heteroatoms. The number of carbonyl (C=O) groups is 1. The molecule has 0 spiro atoms. The standard InChI is InChI=1S/C8H17NO4S/c1-4-14(12,13)9-7(8(10)11)5-6(2)3/h6-7,9H,4-5H2,1-3H3,(H,10,11)/t7-/m0/s1. The van der Waals surface area contributed by atoms with E-state index >= 15 is 0 Å². The van der Waals surface area contributed by atoms with Crippen LogP contribution in [-0.2, 0) is 14.8 Å². The Morgan fingerprint density at radius 3 is 2.21 bits per heavy atom. The van der Waals surface area contributed by atoms with E-state index in [0.29, 0.717) is 6.42 Å². The zero-order valence-electron chi connectivity index (χ0n) is 8.65. The molecule has 84 valence electrons. The number of rotatable bonds is 6. The Hall–Kier alpha value is -0.620. The maximum atomic E-state index is 11.1. The van der Waals surface area contributed by atoms with Gasteiger partial charge < -0.3 is 5.11 Å².